The zero-order chi connectivity index (χ0) is 33.1. The summed E-state index contributed by atoms with van der Waals surface area (Å²) < 4.78 is 18.9. The van der Waals surface area contributed by atoms with Crippen LogP contribution >= 0.6 is 11.8 Å². The predicted octanol–water partition coefficient (Wildman–Crippen LogP) is 12.0. The molecule has 0 aliphatic heterocycles. The van der Waals surface area contributed by atoms with Gasteiger partial charge in [-0.2, -0.15) is 0 Å². The van der Waals surface area contributed by atoms with Gasteiger partial charge in [0.05, 0.1) is 6.61 Å². The number of thioether (sulfide) groups is 1. The summed E-state index contributed by atoms with van der Waals surface area (Å²) in [5.74, 6) is 0.822. The van der Waals surface area contributed by atoms with E-state index in [1.54, 1.807) is 0 Å². The van der Waals surface area contributed by atoms with Crippen LogP contribution in [0.4, 0.5) is 0 Å². The molecular formula is C38H79NO4SSi. The smallest absolute Gasteiger partial charge is 0.374 e. The van der Waals surface area contributed by atoms with Crippen LogP contribution in [-0.2, 0) is 18.1 Å². The third-order valence-electron chi connectivity index (χ3n) is 8.92. The van der Waals surface area contributed by atoms with Crippen molar-refractivity contribution in [1.82, 2.24) is 5.32 Å². The van der Waals surface area contributed by atoms with Gasteiger partial charge in [-0.1, -0.05) is 167 Å². The molecule has 0 spiro atoms. The molecule has 0 amide bonds. The van der Waals surface area contributed by atoms with Crippen LogP contribution in [0.5, 0.6) is 0 Å². The SMILES string of the molecule is CCCCCCCCCCCCCCCCC(CO[Si](CCCSC(=O)CCCCCCCCCCC)(OCC)OCC)NC. The molecule has 0 bridgehead atoms. The van der Waals surface area contributed by atoms with E-state index in [-0.39, 0.29) is 0 Å². The van der Waals surface area contributed by atoms with Crippen molar-refractivity contribution in [2.24, 2.45) is 0 Å². The van der Waals surface area contributed by atoms with Gasteiger partial charge in [-0.3, -0.25) is 4.79 Å². The lowest BCUT2D eigenvalue weighted by Crippen LogP contribution is -2.48. The van der Waals surface area contributed by atoms with Crippen LogP contribution in [-0.4, -0.2) is 52.6 Å². The van der Waals surface area contributed by atoms with Gasteiger partial charge in [0.25, 0.3) is 0 Å². The van der Waals surface area contributed by atoms with E-state index in [1.165, 1.54) is 153 Å². The molecule has 0 aromatic rings. The van der Waals surface area contributed by atoms with Crippen molar-refractivity contribution in [3.05, 3.63) is 0 Å². The highest BCUT2D eigenvalue weighted by atomic mass is 32.2. The first-order valence-corrected chi connectivity index (χ1v) is 22.7. The molecule has 0 fully saturated rings. The topological polar surface area (TPSA) is 56.8 Å². The molecule has 1 N–H and O–H groups in total. The van der Waals surface area contributed by atoms with Crippen molar-refractivity contribution < 1.29 is 18.1 Å². The summed E-state index contributed by atoms with van der Waals surface area (Å²) >= 11 is 1.49. The molecule has 0 aromatic heterocycles. The number of carbonyl (C=O) groups excluding carboxylic acids is 1. The third-order valence-corrected chi connectivity index (χ3v) is 13.0. The summed E-state index contributed by atoms with van der Waals surface area (Å²) in [6.45, 7) is 10.4. The molecule has 45 heavy (non-hydrogen) atoms. The van der Waals surface area contributed by atoms with Gasteiger partial charge in [-0.25, -0.2) is 0 Å². The lowest BCUT2D eigenvalue weighted by atomic mass is 10.0. The van der Waals surface area contributed by atoms with Crippen LogP contribution < -0.4 is 5.32 Å². The van der Waals surface area contributed by atoms with Gasteiger partial charge in [0, 0.05) is 37.5 Å². The van der Waals surface area contributed by atoms with Crippen molar-refractivity contribution in [2.45, 2.75) is 207 Å². The Balaban J connectivity index is 4.11. The summed E-state index contributed by atoms with van der Waals surface area (Å²) in [7, 11) is -0.712. The quantitative estimate of drug-likeness (QED) is 0.0523. The van der Waals surface area contributed by atoms with Crippen molar-refractivity contribution in [2.75, 3.05) is 32.6 Å². The molecule has 1 atom stereocenters. The average molecular weight is 674 g/mol. The Kier molecular flexibility index (Phi) is 35.4. The third kappa shape index (κ3) is 29.9. The maximum absolute atomic E-state index is 12.4. The molecule has 0 aliphatic rings. The van der Waals surface area contributed by atoms with Gasteiger partial charge in [0.1, 0.15) is 0 Å². The van der Waals surface area contributed by atoms with Crippen LogP contribution in [0.1, 0.15) is 195 Å². The molecule has 0 saturated carbocycles. The minimum atomic E-state index is -2.75. The van der Waals surface area contributed by atoms with E-state index >= 15 is 0 Å². The summed E-state index contributed by atoms with van der Waals surface area (Å²) in [5.41, 5.74) is 0. The van der Waals surface area contributed by atoms with Crippen molar-refractivity contribution in [3.63, 3.8) is 0 Å². The number of nitrogens with one attached hydrogen (secondary N) is 1. The zero-order valence-electron chi connectivity index (χ0n) is 31.0. The van der Waals surface area contributed by atoms with Crippen LogP contribution in [0, 0.1) is 0 Å². The summed E-state index contributed by atoms with van der Waals surface area (Å²) in [5, 5.41) is 3.80. The summed E-state index contributed by atoms with van der Waals surface area (Å²) in [4.78, 5) is 12.4. The van der Waals surface area contributed by atoms with Gasteiger partial charge >= 0.3 is 8.80 Å². The standard InChI is InChI=1S/C38H79NO4SSi/c1-6-10-12-14-16-18-19-20-21-22-24-25-27-29-32-37(39-5)36-43-45(41-8-3,42-9-4)35-31-34-44-38(40)33-30-28-26-23-17-15-13-11-7-2/h37,39H,6-36H2,1-5H3. The maximum Gasteiger partial charge on any atom is 0.501 e. The average Bonchev–Trinajstić information content (AvgIpc) is 3.04. The van der Waals surface area contributed by atoms with Gasteiger partial charge in [-0.05, 0) is 40.2 Å². The second kappa shape index (κ2) is 35.4. The van der Waals surface area contributed by atoms with E-state index in [0.717, 1.165) is 31.1 Å². The van der Waals surface area contributed by atoms with Gasteiger partial charge in [-0.15, -0.1) is 0 Å². The number of hydrogen-bond donors (Lipinski definition) is 1. The predicted molar refractivity (Wildman–Crippen MR) is 201 cm³/mol. The number of hydrogen-bond acceptors (Lipinski definition) is 6. The second-order valence-electron chi connectivity index (χ2n) is 13.1. The fourth-order valence-corrected chi connectivity index (χ4v) is 9.72. The van der Waals surface area contributed by atoms with E-state index < -0.39 is 8.80 Å². The molecule has 1 unspecified atom stereocenters. The molecule has 7 heteroatoms. The fraction of sp³-hybridized carbons (Fsp3) is 0.974. The Morgan fingerprint density at radius 1 is 0.578 bits per heavy atom. The normalized spacial score (nSPS) is 12.6. The van der Waals surface area contributed by atoms with E-state index in [9.17, 15) is 4.79 Å². The van der Waals surface area contributed by atoms with E-state index in [0.29, 0.717) is 37.4 Å². The Morgan fingerprint density at radius 3 is 1.42 bits per heavy atom. The summed E-state index contributed by atoms with van der Waals surface area (Å²) in [6, 6.07) is 1.10. The molecule has 270 valence electrons. The molecule has 5 nitrogen and oxygen atoms in total. The van der Waals surface area contributed by atoms with Gasteiger partial charge in [0.2, 0.25) is 0 Å². The lowest BCUT2D eigenvalue weighted by Gasteiger charge is -2.30. The minimum absolute atomic E-state index is 0.322. The number of unbranched alkanes of at least 4 members (excludes halogenated alkanes) is 21. The van der Waals surface area contributed by atoms with Crippen molar-refractivity contribution >= 4 is 25.7 Å². The first kappa shape index (κ1) is 45.1. The first-order valence-electron chi connectivity index (χ1n) is 19.8. The zero-order valence-corrected chi connectivity index (χ0v) is 32.9. The minimum Gasteiger partial charge on any atom is -0.374 e. The largest absolute Gasteiger partial charge is 0.501 e. The molecule has 0 saturated heterocycles. The molecule has 0 aromatic carbocycles. The molecule has 0 heterocycles. The Hall–Kier alpha value is 0.0769. The van der Waals surface area contributed by atoms with Gasteiger partial charge < -0.3 is 18.6 Å². The van der Waals surface area contributed by atoms with Crippen LogP contribution in [0.2, 0.25) is 6.04 Å². The Bertz CT molecular complexity index is 606. The van der Waals surface area contributed by atoms with E-state index in [4.69, 9.17) is 13.3 Å². The lowest BCUT2D eigenvalue weighted by molar-refractivity contribution is -0.111. The highest BCUT2D eigenvalue weighted by Gasteiger charge is 2.40. The second-order valence-corrected chi connectivity index (χ2v) is 17.0. The molecule has 0 rings (SSSR count). The Labute approximate surface area is 287 Å². The van der Waals surface area contributed by atoms with Crippen LogP contribution in [0.25, 0.3) is 0 Å². The first-order chi connectivity index (χ1) is 22.1. The molecule has 0 aliphatic carbocycles. The van der Waals surface area contributed by atoms with Crippen LogP contribution in [0.3, 0.4) is 0 Å². The van der Waals surface area contributed by atoms with Crippen molar-refractivity contribution in [1.29, 1.82) is 0 Å². The molecule has 0 radical (unpaired) electrons. The molecular weight excluding hydrogens is 595 g/mol. The fourth-order valence-electron chi connectivity index (χ4n) is 6.03. The number of rotatable bonds is 37. The Morgan fingerprint density at radius 2 is 1.00 bits per heavy atom. The van der Waals surface area contributed by atoms with Crippen LogP contribution in [0.15, 0.2) is 0 Å². The monoisotopic (exact) mass is 674 g/mol. The summed E-state index contributed by atoms with van der Waals surface area (Å²) in [6.07, 6.45) is 33.7. The van der Waals surface area contributed by atoms with Crippen molar-refractivity contribution in [3.8, 4) is 0 Å². The van der Waals surface area contributed by atoms with E-state index in [1.807, 2.05) is 20.9 Å². The number of carbonyl (C=O) groups is 1. The number of likely N-dealkylation sites (N-methyl/N-ethyl adjacent to an activating group) is 1. The van der Waals surface area contributed by atoms with Gasteiger partial charge in [0.15, 0.2) is 5.12 Å². The van der Waals surface area contributed by atoms with E-state index in [2.05, 4.69) is 19.2 Å². The maximum atomic E-state index is 12.4. The highest BCUT2D eigenvalue weighted by Crippen LogP contribution is 2.22. The highest BCUT2D eigenvalue weighted by molar-refractivity contribution is 8.13.